The molecule has 0 spiro atoms. The molecular formula is C34H63N3O6. The molecule has 0 amide bonds. The molecule has 0 aromatic carbocycles. The molecule has 0 bridgehead atoms. The van der Waals surface area contributed by atoms with Crippen LogP contribution >= 0.6 is 0 Å². The van der Waals surface area contributed by atoms with E-state index in [2.05, 4.69) is 23.9 Å². The lowest BCUT2D eigenvalue weighted by Crippen LogP contribution is -2.43. The summed E-state index contributed by atoms with van der Waals surface area (Å²) >= 11 is 0. The maximum Gasteiger partial charge on any atom is 0.306 e. The van der Waals surface area contributed by atoms with E-state index in [0.717, 1.165) is 38.5 Å². The van der Waals surface area contributed by atoms with E-state index in [9.17, 15) is 19.5 Å². The highest BCUT2D eigenvalue weighted by molar-refractivity contribution is 5.86. The van der Waals surface area contributed by atoms with Crippen LogP contribution in [0.5, 0.6) is 0 Å². The number of aliphatic hydroxyl groups excluding tert-OH is 1. The SMILES string of the molecule is CCCCCCCCCCCCCC(=O)OC(CO)C(OC(=O)CCCCCCCCCCCCC)C(=O)CCN=[N+]=[N-]. The molecule has 0 aromatic heterocycles. The number of esters is 2. The molecule has 0 aliphatic rings. The van der Waals surface area contributed by atoms with Crippen LogP contribution in [0.4, 0.5) is 0 Å². The average molecular weight is 610 g/mol. The Morgan fingerprint density at radius 2 is 0.977 bits per heavy atom. The lowest BCUT2D eigenvalue weighted by Gasteiger charge is -2.24. The number of ether oxygens (including phenoxy) is 2. The zero-order chi connectivity index (χ0) is 31.8. The van der Waals surface area contributed by atoms with Crippen molar-refractivity contribution in [2.24, 2.45) is 5.11 Å². The van der Waals surface area contributed by atoms with Gasteiger partial charge in [-0.3, -0.25) is 14.4 Å². The number of carbonyl (C=O) groups is 3. The average Bonchev–Trinajstić information content (AvgIpc) is 3.00. The van der Waals surface area contributed by atoms with Crippen LogP contribution in [0.3, 0.4) is 0 Å². The normalized spacial score (nSPS) is 12.3. The largest absolute Gasteiger partial charge is 0.455 e. The summed E-state index contributed by atoms with van der Waals surface area (Å²) < 4.78 is 10.8. The van der Waals surface area contributed by atoms with Gasteiger partial charge in [-0.05, 0) is 18.4 Å². The zero-order valence-corrected chi connectivity index (χ0v) is 27.6. The number of hydrogen-bond acceptors (Lipinski definition) is 7. The van der Waals surface area contributed by atoms with Crippen molar-refractivity contribution in [1.82, 2.24) is 0 Å². The number of aliphatic hydroxyl groups is 1. The van der Waals surface area contributed by atoms with Crippen molar-refractivity contribution in [2.45, 2.75) is 187 Å². The maximum atomic E-state index is 12.8. The zero-order valence-electron chi connectivity index (χ0n) is 27.6. The summed E-state index contributed by atoms with van der Waals surface area (Å²) in [5.41, 5.74) is 8.52. The molecule has 2 unspecified atom stereocenters. The summed E-state index contributed by atoms with van der Waals surface area (Å²) in [6.07, 6.45) is 23.0. The summed E-state index contributed by atoms with van der Waals surface area (Å²) in [6, 6.07) is 0. The number of rotatable bonds is 32. The number of unbranched alkanes of at least 4 members (excludes halogenated alkanes) is 20. The summed E-state index contributed by atoms with van der Waals surface area (Å²) in [5, 5.41) is 13.3. The van der Waals surface area contributed by atoms with Crippen LogP contribution in [0.25, 0.3) is 10.4 Å². The predicted molar refractivity (Wildman–Crippen MR) is 173 cm³/mol. The summed E-state index contributed by atoms with van der Waals surface area (Å²) in [7, 11) is 0. The summed E-state index contributed by atoms with van der Waals surface area (Å²) in [4.78, 5) is 40.5. The molecule has 250 valence electrons. The lowest BCUT2D eigenvalue weighted by molar-refractivity contribution is -0.175. The first kappa shape index (κ1) is 40.9. The molecule has 0 aliphatic carbocycles. The van der Waals surface area contributed by atoms with Gasteiger partial charge in [-0.2, -0.15) is 0 Å². The fourth-order valence-corrected chi connectivity index (χ4v) is 5.19. The van der Waals surface area contributed by atoms with E-state index in [0.29, 0.717) is 12.8 Å². The molecule has 0 rings (SSSR count). The molecule has 0 heterocycles. The molecule has 2 atom stereocenters. The fourth-order valence-electron chi connectivity index (χ4n) is 5.19. The molecular weight excluding hydrogens is 546 g/mol. The van der Waals surface area contributed by atoms with Crippen LogP contribution < -0.4 is 0 Å². The van der Waals surface area contributed by atoms with Crippen molar-refractivity contribution in [3.63, 3.8) is 0 Å². The van der Waals surface area contributed by atoms with Crippen molar-refractivity contribution in [2.75, 3.05) is 13.2 Å². The van der Waals surface area contributed by atoms with Crippen molar-refractivity contribution in [1.29, 1.82) is 0 Å². The third-order valence-corrected chi connectivity index (χ3v) is 7.87. The van der Waals surface area contributed by atoms with Gasteiger partial charge < -0.3 is 14.6 Å². The molecule has 0 saturated carbocycles. The minimum atomic E-state index is -1.42. The van der Waals surface area contributed by atoms with Gasteiger partial charge in [0.2, 0.25) is 0 Å². The Hall–Kier alpha value is -2.12. The number of Topliss-reactive ketones (excluding diaryl/α,β-unsaturated/α-hetero) is 1. The molecule has 0 aromatic rings. The number of azide groups is 1. The predicted octanol–water partition coefficient (Wildman–Crippen LogP) is 9.47. The second kappa shape index (κ2) is 31.3. The maximum absolute atomic E-state index is 12.8. The summed E-state index contributed by atoms with van der Waals surface area (Å²) in [6.45, 7) is 3.70. The standard InChI is InChI=1S/C34H63N3O6/c1-3-5-7-9-11-13-15-17-19-21-23-25-32(40)42-31(29-38)34(30(39)27-28-36-37-35)43-33(41)26-24-22-20-18-16-14-12-10-8-6-4-2/h31,34,38H,3-29H2,1-2H3. The molecule has 9 heteroatoms. The van der Waals surface area contributed by atoms with Crippen molar-refractivity contribution >= 4 is 17.7 Å². The quantitative estimate of drug-likeness (QED) is 0.0265. The molecule has 43 heavy (non-hydrogen) atoms. The molecule has 0 fully saturated rings. The molecule has 1 N–H and O–H groups in total. The second-order valence-electron chi connectivity index (χ2n) is 11.9. The highest BCUT2D eigenvalue weighted by Crippen LogP contribution is 2.16. The van der Waals surface area contributed by atoms with E-state index >= 15 is 0 Å². The van der Waals surface area contributed by atoms with E-state index < -0.39 is 36.5 Å². The van der Waals surface area contributed by atoms with Crippen LogP contribution in [0.15, 0.2) is 5.11 Å². The highest BCUT2D eigenvalue weighted by Gasteiger charge is 2.33. The first-order valence-electron chi connectivity index (χ1n) is 17.5. The first-order valence-corrected chi connectivity index (χ1v) is 17.5. The van der Waals surface area contributed by atoms with Gasteiger partial charge in [0.05, 0.1) is 6.61 Å². The Labute approximate surface area is 261 Å². The van der Waals surface area contributed by atoms with E-state index in [4.69, 9.17) is 15.0 Å². The van der Waals surface area contributed by atoms with Gasteiger partial charge in [-0.1, -0.05) is 147 Å². The number of hydrogen-bond donors (Lipinski definition) is 1. The Morgan fingerprint density at radius 3 is 1.35 bits per heavy atom. The first-order chi connectivity index (χ1) is 21.0. The van der Waals surface area contributed by atoms with Crippen LogP contribution in [0, 0.1) is 0 Å². The Bertz CT molecular complexity index is 742. The lowest BCUT2D eigenvalue weighted by atomic mass is 10.0. The third-order valence-electron chi connectivity index (χ3n) is 7.87. The van der Waals surface area contributed by atoms with Gasteiger partial charge in [-0.25, -0.2) is 0 Å². The van der Waals surface area contributed by atoms with Gasteiger partial charge in [-0.15, -0.1) is 0 Å². The van der Waals surface area contributed by atoms with E-state index in [-0.39, 0.29) is 25.8 Å². The highest BCUT2D eigenvalue weighted by atomic mass is 16.6. The number of nitrogens with zero attached hydrogens (tertiary/aromatic N) is 3. The number of carbonyl (C=O) groups excluding carboxylic acids is 3. The van der Waals surface area contributed by atoms with E-state index in [1.54, 1.807) is 0 Å². The van der Waals surface area contributed by atoms with Crippen LogP contribution in [0.1, 0.15) is 174 Å². The Balaban J connectivity index is 4.44. The van der Waals surface area contributed by atoms with Gasteiger partial charge in [0.15, 0.2) is 18.0 Å². The van der Waals surface area contributed by atoms with Gasteiger partial charge in [0.1, 0.15) is 0 Å². The topological polar surface area (TPSA) is 139 Å². The fraction of sp³-hybridized carbons (Fsp3) is 0.912. The van der Waals surface area contributed by atoms with Crippen molar-refractivity contribution in [3.05, 3.63) is 10.4 Å². The van der Waals surface area contributed by atoms with Crippen molar-refractivity contribution < 1.29 is 29.0 Å². The van der Waals surface area contributed by atoms with E-state index in [1.807, 2.05) is 0 Å². The van der Waals surface area contributed by atoms with Crippen LogP contribution in [-0.2, 0) is 23.9 Å². The second-order valence-corrected chi connectivity index (χ2v) is 11.9. The minimum absolute atomic E-state index is 0.104. The van der Waals surface area contributed by atoms with Gasteiger partial charge >= 0.3 is 11.9 Å². The van der Waals surface area contributed by atoms with Crippen molar-refractivity contribution in [3.8, 4) is 0 Å². The molecule has 0 radical (unpaired) electrons. The summed E-state index contributed by atoms with van der Waals surface area (Å²) in [5.74, 6) is -1.62. The van der Waals surface area contributed by atoms with Gasteiger partial charge in [0.25, 0.3) is 0 Å². The van der Waals surface area contributed by atoms with E-state index in [1.165, 1.54) is 89.9 Å². The molecule has 0 aliphatic heterocycles. The minimum Gasteiger partial charge on any atom is -0.455 e. The van der Waals surface area contributed by atoms with Crippen LogP contribution in [0.2, 0.25) is 0 Å². The van der Waals surface area contributed by atoms with Gasteiger partial charge in [0, 0.05) is 30.7 Å². The molecule has 9 nitrogen and oxygen atoms in total. The number of ketones is 1. The Kier molecular flexibility index (Phi) is 29.8. The van der Waals surface area contributed by atoms with Crippen LogP contribution in [-0.4, -0.2) is 48.2 Å². The third kappa shape index (κ3) is 26.0. The monoisotopic (exact) mass is 609 g/mol. The Morgan fingerprint density at radius 1 is 0.605 bits per heavy atom. The smallest absolute Gasteiger partial charge is 0.306 e. The molecule has 0 saturated heterocycles.